The summed E-state index contributed by atoms with van der Waals surface area (Å²) < 4.78 is 17.6. The molecule has 1 aliphatic rings. The van der Waals surface area contributed by atoms with Gasteiger partial charge in [0, 0.05) is 0 Å². The van der Waals surface area contributed by atoms with Crippen LogP contribution < -0.4 is 0 Å². The van der Waals surface area contributed by atoms with Gasteiger partial charge in [0.25, 0.3) is 0 Å². The second-order valence-corrected chi connectivity index (χ2v) is 2.90. The first-order valence-corrected chi connectivity index (χ1v) is 3.91. The van der Waals surface area contributed by atoms with Crippen molar-refractivity contribution in [3.05, 3.63) is 0 Å². The van der Waals surface area contributed by atoms with Crippen molar-refractivity contribution in [3.63, 3.8) is 0 Å². The largest absolute Gasteiger partial charge is 0.390 e. The molecule has 0 radical (unpaired) electrons. The monoisotopic (exact) mass is 180 g/mol. The van der Waals surface area contributed by atoms with Gasteiger partial charge in [-0.05, 0) is 6.42 Å². The molecule has 3 N–H and O–H groups in total. The summed E-state index contributed by atoms with van der Waals surface area (Å²) in [5, 5.41) is 27.0. The molecule has 1 rings (SSSR count). The third-order valence-corrected chi connectivity index (χ3v) is 2.03. The van der Waals surface area contributed by atoms with Gasteiger partial charge in [0.05, 0.1) is 6.10 Å². The number of aliphatic hydroxyl groups is 3. The molecular formula is C7H13FO4. The predicted molar refractivity (Wildman–Crippen MR) is 38.1 cm³/mol. The highest BCUT2D eigenvalue weighted by Gasteiger charge is 2.46. The van der Waals surface area contributed by atoms with Gasteiger partial charge in [0.1, 0.15) is 12.2 Å². The van der Waals surface area contributed by atoms with E-state index in [1.807, 2.05) is 0 Å². The summed E-state index contributed by atoms with van der Waals surface area (Å²) in [5.41, 5.74) is 0. The molecule has 3 unspecified atom stereocenters. The molecular weight excluding hydrogens is 167 g/mol. The molecule has 1 heterocycles. The van der Waals surface area contributed by atoms with E-state index in [0.717, 1.165) is 0 Å². The summed E-state index contributed by atoms with van der Waals surface area (Å²) in [6, 6.07) is 0. The van der Waals surface area contributed by atoms with E-state index < -0.39 is 30.8 Å². The molecule has 12 heavy (non-hydrogen) atoms. The van der Waals surface area contributed by atoms with Crippen molar-refractivity contribution in [2.45, 2.75) is 44.1 Å². The minimum atomic E-state index is -1.71. The van der Waals surface area contributed by atoms with E-state index in [9.17, 15) is 9.50 Å². The summed E-state index contributed by atoms with van der Waals surface area (Å²) in [4.78, 5) is 0. The zero-order valence-electron chi connectivity index (χ0n) is 6.72. The summed E-state index contributed by atoms with van der Waals surface area (Å²) in [5.74, 6) is 0. The molecule has 1 aliphatic heterocycles. The third kappa shape index (κ3) is 1.59. The third-order valence-electron chi connectivity index (χ3n) is 2.03. The fraction of sp³-hybridized carbons (Fsp3) is 1.00. The van der Waals surface area contributed by atoms with E-state index in [-0.39, 0.29) is 0 Å². The predicted octanol–water partition coefficient (Wildman–Crippen LogP) is -0.827. The molecule has 1 fully saturated rings. The second-order valence-electron chi connectivity index (χ2n) is 2.90. The molecule has 4 nitrogen and oxygen atoms in total. The lowest BCUT2D eigenvalue weighted by molar-refractivity contribution is -0.145. The van der Waals surface area contributed by atoms with Crippen molar-refractivity contribution in [2.24, 2.45) is 0 Å². The second kappa shape index (κ2) is 3.66. The van der Waals surface area contributed by atoms with Gasteiger partial charge in [-0.3, -0.25) is 0 Å². The zero-order valence-corrected chi connectivity index (χ0v) is 6.72. The van der Waals surface area contributed by atoms with Crippen LogP contribution in [0.1, 0.15) is 13.3 Å². The standard InChI is InChI=1S/C7H13FO4/c1-2-3(9)6-4(8)5(10)7(11)12-6/h3-7,9-11H,2H2,1H3/t3?,4-,5?,6-,7?/m1/s1. The van der Waals surface area contributed by atoms with E-state index in [1.54, 1.807) is 6.92 Å². The average Bonchev–Trinajstić information content (AvgIpc) is 2.32. The van der Waals surface area contributed by atoms with Crippen molar-refractivity contribution in [1.82, 2.24) is 0 Å². The normalized spacial score (nSPS) is 44.8. The molecule has 5 heteroatoms. The summed E-state index contributed by atoms with van der Waals surface area (Å²) in [6.07, 6.45) is -6.55. The van der Waals surface area contributed by atoms with Gasteiger partial charge in [0.2, 0.25) is 0 Å². The van der Waals surface area contributed by atoms with E-state index in [4.69, 9.17) is 10.2 Å². The summed E-state index contributed by atoms with van der Waals surface area (Å²) in [6.45, 7) is 1.66. The van der Waals surface area contributed by atoms with Crippen molar-refractivity contribution in [2.75, 3.05) is 0 Å². The zero-order chi connectivity index (χ0) is 9.30. The maximum absolute atomic E-state index is 13.0. The van der Waals surface area contributed by atoms with Gasteiger partial charge >= 0.3 is 0 Å². The van der Waals surface area contributed by atoms with E-state index in [0.29, 0.717) is 6.42 Å². The van der Waals surface area contributed by atoms with Crippen LogP contribution in [0.5, 0.6) is 0 Å². The minimum absolute atomic E-state index is 0.324. The quantitative estimate of drug-likeness (QED) is 0.519. The number of rotatable bonds is 2. The van der Waals surface area contributed by atoms with Gasteiger partial charge in [0.15, 0.2) is 12.5 Å². The molecule has 5 atom stereocenters. The molecule has 0 aliphatic carbocycles. The van der Waals surface area contributed by atoms with Crippen molar-refractivity contribution >= 4 is 0 Å². The summed E-state index contributed by atoms with van der Waals surface area (Å²) in [7, 11) is 0. The Labute approximate surface area is 69.6 Å². The van der Waals surface area contributed by atoms with Crippen molar-refractivity contribution in [3.8, 4) is 0 Å². The van der Waals surface area contributed by atoms with Gasteiger partial charge in [-0.25, -0.2) is 4.39 Å². The number of ether oxygens (including phenoxy) is 1. The Morgan fingerprint density at radius 3 is 2.42 bits per heavy atom. The Morgan fingerprint density at radius 1 is 1.50 bits per heavy atom. The number of halogens is 1. The Hall–Kier alpha value is -0.230. The topological polar surface area (TPSA) is 69.9 Å². The number of alkyl halides is 1. The van der Waals surface area contributed by atoms with Gasteiger partial charge in [-0.2, -0.15) is 0 Å². The highest BCUT2D eigenvalue weighted by Crippen LogP contribution is 2.25. The van der Waals surface area contributed by atoms with Crippen LogP contribution in [0.3, 0.4) is 0 Å². The van der Waals surface area contributed by atoms with Crippen molar-refractivity contribution < 1.29 is 24.4 Å². The van der Waals surface area contributed by atoms with E-state index in [1.165, 1.54) is 0 Å². The molecule has 0 spiro atoms. The van der Waals surface area contributed by atoms with Crippen LogP contribution in [0.4, 0.5) is 4.39 Å². The van der Waals surface area contributed by atoms with Crippen LogP contribution in [0, 0.1) is 0 Å². The van der Waals surface area contributed by atoms with Crippen LogP contribution >= 0.6 is 0 Å². The Morgan fingerprint density at radius 2 is 2.08 bits per heavy atom. The highest BCUT2D eigenvalue weighted by atomic mass is 19.1. The molecule has 0 aromatic carbocycles. The minimum Gasteiger partial charge on any atom is -0.390 e. The van der Waals surface area contributed by atoms with E-state index in [2.05, 4.69) is 4.74 Å². The van der Waals surface area contributed by atoms with Crippen molar-refractivity contribution in [1.29, 1.82) is 0 Å². The first kappa shape index (κ1) is 9.85. The van der Waals surface area contributed by atoms with Crippen LogP contribution in [0.25, 0.3) is 0 Å². The first-order valence-electron chi connectivity index (χ1n) is 3.91. The van der Waals surface area contributed by atoms with Gasteiger partial charge in [-0.1, -0.05) is 6.92 Å². The molecule has 72 valence electrons. The smallest absolute Gasteiger partial charge is 0.184 e. The Kier molecular flexibility index (Phi) is 3.00. The lowest BCUT2D eigenvalue weighted by Crippen LogP contribution is -2.35. The molecule has 0 bridgehead atoms. The molecule has 0 amide bonds. The summed E-state index contributed by atoms with van der Waals surface area (Å²) >= 11 is 0. The maximum Gasteiger partial charge on any atom is 0.184 e. The molecule has 0 saturated carbocycles. The number of hydrogen-bond donors (Lipinski definition) is 3. The lowest BCUT2D eigenvalue weighted by Gasteiger charge is -2.17. The Balaban J connectivity index is 2.58. The average molecular weight is 180 g/mol. The van der Waals surface area contributed by atoms with Crippen LogP contribution in [0.15, 0.2) is 0 Å². The van der Waals surface area contributed by atoms with Crippen LogP contribution in [-0.2, 0) is 4.74 Å². The molecule has 0 aromatic rings. The molecule has 1 saturated heterocycles. The SMILES string of the molecule is CCC(O)[C@H]1OC(O)C(O)[C@H]1F. The highest BCUT2D eigenvalue weighted by molar-refractivity contribution is 4.89. The Bertz CT molecular complexity index is 154. The molecule has 0 aromatic heterocycles. The fourth-order valence-electron chi connectivity index (χ4n) is 1.20. The maximum atomic E-state index is 13.0. The number of aliphatic hydroxyl groups excluding tert-OH is 3. The van der Waals surface area contributed by atoms with Crippen LogP contribution in [0.2, 0.25) is 0 Å². The van der Waals surface area contributed by atoms with E-state index >= 15 is 0 Å². The van der Waals surface area contributed by atoms with Crippen LogP contribution in [-0.4, -0.2) is 46.1 Å². The number of hydrogen-bond acceptors (Lipinski definition) is 4. The first-order chi connectivity index (χ1) is 5.57. The lowest BCUT2D eigenvalue weighted by atomic mass is 10.1. The van der Waals surface area contributed by atoms with Gasteiger partial charge in [-0.15, -0.1) is 0 Å². The fourth-order valence-corrected chi connectivity index (χ4v) is 1.20. The van der Waals surface area contributed by atoms with Gasteiger partial charge < -0.3 is 20.1 Å².